The van der Waals surface area contributed by atoms with Crippen LogP contribution in [-0.2, 0) is 4.74 Å². The molecule has 2 rings (SSSR count). The lowest BCUT2D eigenvalue weighted by Gasteiger charge is -2.12. The van der Waals surface area contributed by atoms with Crippen molar-refractivity contribution in [3.8, 4) is 16.9 Å². The molecule has 0 fully saturated rings. The maximum Gasteiger partial charge on any atom is 0.127 e. The van der Waals surface area contributed by atoms with Gasteiger partial charge in [0.1, 0.15) is 5.75 Å². The van der Waals surface area contributed by atoms with E-state index >= 15 is 0 Å². The van der Waals surface area contributed by atoms with Crippen molar-refractivity contribution in [3.63, 3.8) is 0 Å². The summed E-state index contributed by atoms with van der Waals surface area (Å²) in [4.78, 5) is 0. The Hall–Kier alpha value is -1.84. The number of rotatable bonds is 10. The summed E-state index contributed by atoms with van der Waals surface area (Å²) in [5.41, 5.74) is 2.34. The SMILES string of the molecule is COCCCNCCCOc1ccccc1-c1ccccc1. The molecule has 0 heterocycles. The van der Waals surface area contributed by atoms with Crippen LogP contribution in [0.2, 0.25) is 0 Å². The van der Waals surface area contributed by atoms with E-state index in [1.165, 1.54) is 5.56 Å². The maximum absolute atomic E-state index is 5.95. The molecule has 3 nitrogen and oxygen atoms in total. The lowest BCUT2D eigenvalue weighted by molar-refractivity contribution is 0.194. The molecule has 0 aliphatic heterocycles. The third kappa shape index (κ3) is 5.51. The van der Waals surface area contributed by atoms with Crippen molar-refractivity contribution in [1.82, 2.24) is 5.32 Å². The second-order valence-electron chi connectivity index (χ2n) is 5.16. The zero-order valence-corrected chi connectivity index (χ0v) is 13.3. The monoisotopic (exact) mass is 299 g/mol. The van der Waals surface area contributed by atoms with Crippen LogP contribution in [0.5, 0.6) is 5.75 Å². The lowest BCUT2D eigenvalue weighted by Crippen LogP contribution is -2.19. The first kappa shape index (κ1) is 16.5. The molecule has 118 valence electrons. The molecule has 1 N–H and O–H groups in total. The quantitative estimate of drug-likeness (QED) is 0.678. The molecule has 3 heteroatoms. The molecule has 0 spiro atoms. The van der Waals surface area contributed by atoms with Gasteiger partial charge in [-0.2, -0.15) is 0 Å². The van der Waals surface area contributed by atoms with E-state index in [0.29, 0.717) is 0 Å². The predicted molar refractivity (Wildman–Crippen MR) is 91.4 cm³/mol. The molecule has 2 aromatic rings. The molecule has 0 saturated heterocycles. The van der Waals surface area contributed by atoms with Gasteiger partial charge in [-0.25, -0.2) is 0 Å². The highest BCUT2D eigenvalue weighted by molar-refractivity contribution is 5.70. The van der Waals surface area contributed by atoms with Gasteiger partial charge in [0.15, 0.2) is 0 Å². The van der Waals surface area contributed by atoms with Crippen molar-refractivity contribution in [1.29, 1.82) is 0 Å². The fraction of sp³-hybridized carbons (Fsp3) is 0.368. The van der Waals surface area contributed by atoms with E-state index in [-0.39, 0.29) is 0 Å². The van der Waals surface area contributed by atoms with Gasteiger partial charge in [0.2, 0.25) is 0 Å². The number of para-hydroxylation sites is 1. The van der Waals surface area contributed by atoms with Crippen LogP contribution in [0.3, 0.4) is 0 Å². The summed E-state index contributed by atoms with van der Waals surface area (Å²) in [6, 6.07) is 18.6. The second-order valence-corrected chi connectivity index (χ2v) is 5.16. The number of benzene rings is 2. The summed E-state index contributed by atoms with van der Waals surface area (Å²) in [7, 11) is 1.73. The molecule has 22 heavy (non-hydrogen) atoms. The fourth-order valence-electron chi connectivity index (χ4n) is 2.29. The van der Waals surface area contributed by atoms with Crippen LogP contribution >= 0.6 is 0 Å². The van der Waals surface area contributed by atoms with Crippen LogP contribution in [0.1, 0.15) is 12.8 Å². The highest BCUT2D eigenvalue weighted by Crippen LogP contribution is 2.29. The number of methoxy groups -OCH3 is 1. The van der Waals surface area contributed by atoms with Crippen LogP contribution in [0.15, 0.2) is 54.6 Å². The third-order valence-electron chi connectivity index (χ3n) is 3.43. The zero-order valence-electron chi connectivity index (χ0n) is 13.3. The molecular weight excluding hydrogens is 274 g/mol. The van der Waals surface area contributed by atoms with Crippen molar-refractivity contribution in [2.24, 2.45) is 0 Å². The minimum Gasteiger partial charge on any atom is -0.493 e. The normalized spacial score (nSPS) is 10.6. The van der Waals surface area contributed by atoms with Crippen LogP contribution in [0.4, 0.5) is 0 Å². The molecule has 0 radical (unpaired) electrons. The Morgan fingerprint density at radius 1 is 0.818 bits per heavy atom. The number of hydrogen-bond donors (Lipinski definition) is 1. The smallest absolute Gasteiger partial charge is 0.127 e. The van der Waals surface area contributed by atoms with Gasteiger partial charge in [0.05, 0.1) is 6.61 Å². The van der Waals surface area contributed by atoms with Gasteiger partial charge in [0.25, 0.3) is 0 Å². The van der Waals surface area contributed by atoms with Crippen molar-refractivity contribution in [2.75, 3.05) is 33.4 Å². The molecule has 0 amide bonds. The Balaban J connectivity index is 1.77. The molecule has 0 aromatic heterocycles. The Morgan fingerprint density at radius 2 is 1.50 bits per heavy atom. The summed E-state index contributed by atoms with van der Waals surface area (Å²) in [5.74, 6) is 0.952. The minimum absolute atomic E-state index is 0.723. The van der Waals surface area contributed by atoms with Crippen LogP contribution in [0.25, 0.3) is 11.1 Å². The molecule has 0 unspecified atom stereocenters. The van der Waals surface area contributed by atoms with E-state index in [9.17, 15) is 0 Å². The molecule has 0 aliphatic carbocycles. The molecule has 0 bridgehead atoms. The highest BCUT2D eigenvalue weighted by atomic mass is 16.5. The van der Waals surface area contributed by atoms with E-state index in [0.717, 1.165) is 50.5 Å². The van der Waals surface area contributed by atoms with Gasteiger partial charge < -0.3 is 14.8 Å². The standard InChI is InChI=1S/C19H25NO2/c1-21-15-7-13-20-14-8-16-22-19-12-6-5-11-18(19)17-9-3-2-4-10-17/h2-6,9-12,20H,7-8,13-16H2,1H3. The summed E-state index contributed by atoms with van der Waals surface area (Å²) in [6.07, 6.45) is 2.05. The molecule has 2 aromatic carbocycles. The van der Waals surface area contributed by atoms with E-state index in [1.807, 2.05) is 24.3 Å². The number of nitrogens with one attached hydrogen (secondary N) is 1. The molecule has 0 atom stereocenters. The minimum atomic E-state index is 0.723. The molecule has 0 aliphatic rings. The van der Waals surface area contributed by atoms with Crippen LogP contribution in [0, 0.1) is 0 Å². The van der Waals surface area contributed by atoms with E-state index < -0.39 is 0 Å². The Morgan fingerprint density at radius 3 is 2.27 bits per heavy atom. The number of hydrogen-bond acceptors (Lipinski definition) is 3. The third-order valence-corrected chi connectivity index (χ3v) is 3.43. The van der Waals surface area contributed by atoms with Crippen molar-refractivity contribution in [2.45, 2.75) is 12.8 Å². The molecule has 0 saturated carbocycles. The van der Waals surface area contributed by atoms with Crippen molar-refractivity contribution < 1.29 is 9.47 Å². The Kier molecular flexibility index (Phi) is 7.50. The van der Waals surface area contributed by atoms with Crippen LogP contribution in [-0.4, -0.2) is 33.4 Å². The summed E-state index contributed by atoms with van der Waals surface area (Å²) in [6.45, 7) is 3.50. The average Bonchev–Trinajstić information content (AvgIpc) is 2.58. The van der Waals surface area contributed by atoms with Gasteiger partial charge in [-0.05, 0) is 37.6 Å². The van der Waals surface area contributed by atoms with Crippen molar-refractivity contribution in [3.05, 3.63) is 54.6 Å². The first-order valence-corrected chi connectivity index (χ1v) is 7.88. The van der Waals surface area contributed by atoms with Gasteiger partial charge in [-0.15, -0.1) is 0 Å². The number of ether oxygens (including phenoxy) is 2. The predicted octanol–water partition coefficient (Wildman–Crippen LogP) is 3.75. The first-order valence-electron chi connectivity index (χ1n) is 7.88. The zero-order chi connectivity index (χ0) is 15.5. The maximum atomic E-state index is 5.95. The van der Waals surface area contributed by atoms with Gasteiger partial charge >= 0.3 is 0 Å². The second kappa shape index (κ2) is 9.98. The Bertz CT molecular complexity index is 528. The lowest BCUT2D eigenvalue weighted by atomic mass is 10.1. The van der Waals surface area contributed by atoms with E-state index in [4.69, 9.17) is 9.47 Å². The molecular formula is C19H25NO2. The average molecular weight is 299 g/mol. The summed E-state index contributed by atoms with van der Waals surface area (Å²) < 4.78 is 11.0. The largest absolute Gasteiger partial charge is 0.493 e. The van der Waals surface area contributed by atoms with E-state index in [1.54, 1.807) is 7.11 Å². The highest BCUT2D eigenvalue weighted by Gasteiger charge is 2.04. The van der Waals surface area contributed by atoms with Gasteiger partial charge in [0, 0.05) is 19.3 Å². The van der Waals surface area contributed by atoms with Gasteiger partial charge in [-0.3, -0.25) is 0 Å². The summed E-state index contributed by atoms with van der Waals surface area (Å²) >= 11 is 0. The van der Waals surface area contributed by atoms with Crippen LogP contribution < -0.4 is 10.1 Å². The van der Waals surface area contributed by atoms with E-state index in [2.05, 4.69) is 35.6 Å². The topological polar surface area (TPSA) is 30.5 Å². The fourth-order valence-corrected chi connectivity index (χ4v) is 2.29. The Labute approximate surface area is 133 Å². The first-order chi connectivity index (χ1) is 10.9. The summed E-state index contributed by atoms with van der Waals surface area (Å²) in [5, 5.41) is 3.39. The van der Waals surface area contributed by atoms with Crippen molar-refractivity contribution >= 4 is 0 Å². The van der Waals surface area contributed by atoms with Gasteiger partial charge in [-0.1, -0.05) is 48.5 Å².